The van der Waals surface area contributed by atoms with Gasteiger partial charge in [0.2, 0.25) is 11.8 Å². The zero-order chi connectivity index (χ0) is 16.8. The predicted octanol–water partition coefficient (Wildman–Crippen LogP) is 2.27. The molecule has 2 atom stereocenters. The smallest absolute Gasteiger partial charge is 0.239 e. The Bertz CT molecular complexity index is 685. The third-order valence-electron chi connectivity index (χ3n) is 4.36. The van der Waals surface area contributed by atoms with Crippen LogP contribution in [-0.4, -0.2) is 24.9 Å². The minimum Gasteiger partial charge on any atom is -0.354 e. The van der Waals surface area contributed by atoms with Gasteiger partial charge < -0.3 is 10.6 Å². The maximum atomic E-state index is 12.1. The fourth-order valence-electron chi connectivity index (χ4n) is 2.91. The maximum absolute atomic E-state index is 12.1. The number of carbonyl (C=O) groups is 2. The van der Waals surface area contributed by atoms with E-state index in [4.69, 9.17) is 0 Å². The molecule has 0 saturated heterocycles. The van der Waals surface area contributed by atoms with E-state index in [9.17, 15) is 9.59 Å². The van der Waals surface area contributed by atoms with Crippen molar-refractivity contribution in [3.8, 4) is 0 Å². The zero-order valence-corrected chi connectivity index (χ0v) is 13.6. The Kier molecular flexibility index (Phi) is 5.26. The van der Waals surface area contributed by atoms with E-state index in [1.54, 1.807) is 0 Å². The summed E-state index contributed by atoms with van der Waals surface area (Å²) in [5.74, 6) is 0.134. The van der Waals surface area contributed by atoms with Crippen molar-refractivity contribution in [2.24, 2.45) is 5.92 Å². The maximum Gasteiger partial charge on any atom is 0.239 e. The third kappa shape index (κ3) is 4.44. The van der Waals surface area contributed by atoms with Gasteiger partial charge in [-0.3, -0.25) is 9.59 Å². The Hall–Kier alpha value is -2.62. The number of benzene rings is 2. The molecule has 0 heterocycles. The van der Waals surface area contributed by atoms with Crippen LogP contribution in [-0.2, 0) is 16.0 Å². The largest absolute Gasteiger partial charge is 0.354 e. The van der Waals surface area contributed by atoms with E-state index in [-0.39, 0.29) is 24.3 Å². The van der Waals surface area contributed by atoms with Crippen molar-refractivity contribution in [3.05, 3.63) is 71.8 Å². The lowest BCUT2D eigenvalue weighted by molar-refractivity contribution is -0.126. The molecule has 1 fully saturated rings. The predicted molar refractivity (Wildman–Crippen MR) is 93.5 cm³/mol. The van der Waals surface area contributed by atoms with E-state index >= 15 is 0 Å². The van der Waals surface area contributed by atoms with E-state index in [1.165, 1.54) is 11.1 Å². The normalized spacial score (nSPS) is 18.7. The summed E-state index contributed by atoms with van der Waals surface area (Å²) in [7, 11) is 0. The van der Waals surface area contributed by atoms with Gasteiger partial charge in [0.15, 0.2) is 0 Å². The SMILES string of the molecule is O=C(CNC(=O)C1CC1c1ccccc1)NCCc1ccccc1. The summed E-state index contributed by atoms with van der Waals surface area (Å²) in [4.78, 5) is 23.9. The first-order chi connectivity index (χ1) is 11.7. The quantitative estimate of drug-likeness (QED) is 0.821. The van der Waals surface area contributed by atoms with Crippen molar-refractivity contribution < 1.29 is 9.59 Å². The average molecular weight is 322 g/mol. The molecule has 0 aliphatic heterocycles. The van der Waals surface area contributed by atoms with Gasteiger partial charge in [-0.1, -0.05) is 60.7 Å². The monoisotopic (exact) mass is 322 g/mol. The van der Waals surface area contributed by atoms with Crippen molar-refractivity contribution in [3.63, 3.8) is 0 Å². The minimum atomic E-state index is -0.142. The molecule has 0 spiro atoms. The van der Waals surface area contributed by atoms with Crippen LogP contribution in [0.5, 0.6) is 0 Å². The van der Waals surface area contributed by atoms with Gasteiger partial charge in [0, 0.05) is 12.5 Å². The molecule has 0 aromatic heterocycles. The lowest BCUT2D eigenvalue weighted by atomic mass is 10.1. The van der Waals surface area contributed by atoms with Crippen LogP contribution in [0.25, 0.3) is 0 Å². The second kappa shape index (κ2) is 7.77. The van der Waals surface area contributed by atoms with Crippen LogP contribution >= 0.6 is 0 Å². The molecule has 4 heteroatoms. The van der Waals surface area contributed by atoms with E-state index in [0.29, 0.717) is 12.5 Å². The van der Waals surface area contributed by atoms with Crippen LogP contribution in [0, 0.1) is 5.92 Å². The molecule has 24 heavy (non-hydrogen) atoms. The van der Waals surface area contributed by atoms with Gasteiger partial charge in [-0.15, -0.1) is 0 Å². The second-order valence-electron chi connectivity index (χ2n) is 6.16. The molecule has 1 aliphatic rings. The van der Waals surface area contributed by atoms with E-state index < -0.39 is 0 Å². The highest BCUT2D eigenvalue weighted by Gasteiger charge is 2.43. The number of rotatable bonds is 7. The Morgan fingerprint density at radius 1 is 0.917 bits per heavy atom. The average Bonchev–Trinajstić information content (AvgIpc) is 3.42. The fourth-order valence-corrected chi connectivity index (χ4v) is 2.91. The summed E-state index contributed by atoms with van der Waals surface area (Å²) in [6, 6.07) is 20.1. The summed E-state index contributed by atoms with van der Waals surface area (Å²) < 4.78 is 0. The highest BCUT2D eigenvalue weighted by molar-refractivity contribution is 5.87. The van der Waals surface area contributed by atoms with Crippen LogP contribution in [0.15, 0.2) is 60.7 Å². The summed E-state index contributed by atoms with van der Waals surface area (Å²) in [6.07, 6.45) is 1.66. The van der Waals surface area contributed by atoms with Crippen molar-refractivity contribution >= 4 is 11.8 Å². The first-order valence-electron chi connectivity index (χ1n) is 8.37. The van der Waals surface area contributed by atoms with Gasteiger partial charge in [0.25, 0.3) is 0 Å². The van der Waals surface area contributed by atoms with Gasteiger partial charge in [-0.25, -0.2) is 0 Å². The third-order valence-corrected chi connectivity index (χ3v) is 4.36. The topological polar surface area (TPSA) is 58.2 Å². The number of carbonyl (C=O) groups excluding carboxylic acids is 2. The molecule has 0 radical (unpaired) electrons. The molecule has 4 nitrogen and oxygen atoms in total. The molecular formula is C20H22N2O2. The number of amides is 2. The molecule has 0 bridgehead atoms. The van der Waals surface area contributed by atoms with Crippen LogP contribution in [0.3, 0.4) is 0 Å². The van der Waals surface area contributed by atoms with Crippen LogP contribution in [0.1, 0.15) is 23.5 Å². The highest BCUT2D eigenvalue weighted by atomic mass is 16.2. The first-order valence-corrected chi connectivity index (χ1v) is 8.37. The number of hydrogen-bond donors (Lipinski definition) is 2. The Morgan fingerprint density at radius 2 is 1.58 bits per heavy atom. The van der Waals surface area contributed by atoms with Gasteiger partial charge in [-0.2, -0.15) is 0 Å². The molecule has 2 aromatic carbocycles. The van der Waals surface area contributed by atoms with Crippen molar-refractivity contribution in [2.45, 2.75) is 18.8 Å². The molecule has 2 N–H and O–H groups in total. The Morgan fingerprint density at radius 3 is 2.29 bits per heavy atom. The Balaban J connectivity index is 1.34. The number of nitrogens with one attached hydrogen (secondary N) is 2. The van der Waals surface area contributed by atoms with Crippen LogP contribution < -0.4 is 10.6 Å². The van der Waals surface area contributed by atoms with Crippen molar-refractivity contribution in [1.82, 2.24) is 10.6 Å². The summed E-state index contributed by atoms with van der Waals surface area (Å²) in [5.41, 5.74) is 2.38. The summed E-state index contributed by atoms with van der Waals surface area (Å²) in [6.45, 7) is 0.625. The first kappa shape index (κ1) is 16.2. The van der Waals surface area contributed by atoms with E-state index in [2.05, 4.69) is 10.6 Å². The highest BCUT2D eigenvalue weighted by Crippen LogP contribution is 2.47. The van der Waals surface area contributed by atoms with Crippen molar-refractivity contribution in [1.29, 1.82) is 0 Å². The van der Waals surface area contributed by atoms with Crippen molar-refractivity contribution in [2.75, 3.05) is 13.1 Å². The minimum absolute atomic E-state index is 0.00418. The Labute approximate surface area is 142 Å². The standard InChI is InChI=1S/C20H22N2O2/c23-19(21-12-11-15-7-3-1-4-8-15)14-22-20(24)18-13-17(18)16-9-5-2-6-10-16/h1-10,17-18H,11-14H2,(H,21,23)(H,22,24). The van der Waals surface area contributed by atoms with Crippen LogP contribution in [0.2, 0.25) is 0 Å². The van der Waals surface area contributed by atoms with Gasteiger partial charge in [-0.05, 0) is 29.9 Å². The molecule has 3 rings (SSSR count). The molecule has 2 unspecified atom stereocenters. The van der Waals surface area contributed by atoms with Gasteiger partial charge >= 0.3 is 0 Å². The lowest BCUT2D eigenvalue weighted by Crippen LogP contribution is -2.38. The van der Waals surface area contributed by atoms with Gasteiger partial charge in [0.1, 0.15) is 0 Å². The lowest BCUT2D eigenvalue weighted by Gasteiger charge is -2.07. The second-order valence-corrected chi connectivity index (χ2v) is 6.16. The molecule has 1 saturated carbocycles. The molecule has 1 aliphatic carbocycles. The van der Waals surface area contributed by atoms with Gasteiger partial charge in [0.05, 0.1) is 6.54 Å². The fraction of sp³-hybridized carbons (Fsp3) is 0.300. The summed E-state index contributed by atoms with van der Waals surface area (Å²) in [5, 5.41) is 5.58. The molecule has 2 aromatic rings. The molecule has 2 amide bonds. The summed E-state index contributed by atoms with van der Waals surface area (Å²) >= 11 is 0. The van der Waals surface area contributed by atoms with E-state index in [1.807, 2.05) is 60.7 Å². The molecular weight excluding hydrogens is 300 g/mol. The molecule has 124 valence electrons. The number of hydrogen-bond acceptors (Lipinski definition) is 2. The van der Waals surface area contributed by atoms with E-state index in [0.717, 1.165) is 12.8 Å². The zero-order valence-electron chi connectivity index (χ0n) is 13.6. The van der Waals surface area contributed by atoms with Crippen LogP contribution in [0.4, 0.5) is 0 Å².